The average Bonchev–Trinajstić information content (AvgIpc) is 0.887. The van der Waals surface area contributed by atoms with Crippen LogP contribution in [-0.4, -0.2) is 218 Å². The summed E-state index contributed by atoms with van der Waals surface area (Å²) in [5.74, 6) is -12.1. The molecule has 2 aromatic carbocycles. The van der Waals surface area contributed by atoms with Gasteiger partial charge in [0.05, 0.1) is 38.4 Å². The topological polar surface area (TPSA) is 640 Å². The Morgan fingerprint density at radius 3 is 1.27 bits per heavy atom. The van der Waals surface area contributed by atoms with Crippen LogP contribution in [0.15, 0.2) is 70.6 Å². The van der Waals surface area contributed by atoms with E-state index in [2.05, 4.69) is 73.8 Å². The Hall–Kier alpha value is -10.1. The highest BCUT2D eigenvalue weighted by Gasteiger charge is 2.34. The van der Waals surface area contributed by atoms with E-state index in [-0.39, 0.29) is 89.3 Å². The quantitative estimate of drug-likeness (QED) is 0.0166. The van der Waals surface area contributed by atoms with Gasteiger partial charge < -0.3 is 120 Å². The van der Waals surface area contributed by atoms with Crippen molar-refractivity contribution in [3.63, 3.8) is 0 Å². The molecule has 0 bridgehead atoms. The monoisotopic (exact) mass is 1380 g/mol. The number of benzene rings is 2. The van der Waals surface area contributed by atoms with E-state index in [1.165, 1.54) is 20.8 Å². The smallest absolute Gasteiger partial charge is 0.245 e. The van der Waals surface area contributed by atoms with Crippen molar-refractivity contribution in [2.45, 2.75) is 164 Å². The van der Waals surface area contributed by atoms with Crippen LogP contribution in [0.5, 0.6) is 0 Å². The zero-order valence-corrected chi connectivity index (χ0v) is 55.5. The van der Waals surface area contributed by atoms with Crippen LogP contribution in [0.25, 0.3) is 0 Å². The van der Waals surface area contributed by atoms with Crippen molar-refractivity contribution in [2.24, 2.45) is 55.9 Å². The third-order valence-electron chi connectivity index (χ3n) is 14.6. The van der Waals surface area contributed by atoms with Crippen molar-refractivity contribution in [3.05, 3.63) is 71.8 Å². The van der Waals surface area contributed by atoms with Gasteiger partial charge in [0.15, 0.2) is 11.9 Å². The molecule has 37 nitrogen and oxygen atoms in total. The predicted octanol–water partition coefficient (Wildman–Crippen LogP) is -9.23. The Labute approximate surface area is 567 Å². The maximum Gasteiger partial charge on any atom is 0.245 e. The number of nitrogens with two attached hydrogens (primary N) is 8. The number of nitrogens with zero attached hydrogens (tertiary/aromatic N) is 2. The number of aliphatic hydroxyl groups is 2. The van der Waals surface area contributed by atoms with E-state index in [9.17, 15) is 72.5 Å². The van der Waals surface area contributed by atoms with Crippen LogP contribution in [0, 0.1) is 0 Å². The number of amides is 13. The second kappa shape index (κ2) is 46.1. The Balaban J connectivity index is 2.18. The molecular formula is C61H100N22O15. The third-order valence-corrected chi connectivity index (χ3v) is 14.6. The molecule has 37 heteroatoms. The third kappa shape index (κ3) is 34.0. The molecule has 0 fully saturated rings. The molecule has 98 heavy (non-hydrogen) atoms. The zero-order valence-electron chi connectivity index (χ0n) is 55.5. The Bertz CT molecular complexity index is 2990. The molecule has 0 aromatic heterocycles. The molecule has 0 saturated carbocycles. The van der Waals surface area contributed by atoms with E-state index in [1.807, 2.05) is 0 Å². The van der Waals surface area contributed by atoms with Crippen LogP contribution in [0.3, 0.4) is 0 Å². The van der Waals surface area contributed by atoms with Gasteiger partial charge in [0.25, 0.3) is 0 Å². The Morgan fingerprint density at radius 2 is 0.796 bits per heavy atom. The highest BCUT2D eigenvalue weighted by molar-refractivity contribution is 5.99. The van der Waals surface area contributed by atoms with Gasteiger partial charge in [0.2, 0.25) is 76.8 Å². The number of primary amides is 1. The molecule has 30 N–H and O–H groups in total. The van der Waals surface area contributed by atoms with Crippen molar-refractivity contribution in [1.29, 1.82) is 0 Å². The number of aliphatic imine (C=N–C) groups is 2. The summed E-state index contributed by atoms with van der Waals surface area (Å²) in [6, 6.07) is 3.43. The molecule has 2 rings (SSSR count). The van der Waals surface area contributed by atoms with E-state index in [0.29, 0.717) is 31.4 Å². The van der Waals surface area contributed by atoms with E-state index in [4.69, 9.17) is 45.9 Å². The van der Waals surface area contributed by atoms with Gasteiger partial charge in [-0.15, -0.1) is 0 Å². The molecule has 0 radical (unpaired) electrons. The number of hydrogen-bond acceptors (Lipinski definition) is 20. The molecular weight excluding hydrogens is 1280 g/mol. The molecule has 544 valence electrons. The van der Waals surface area contributed by atoms with E-state index < -0.39 is 170 Å². The summed E-state index contributed by atoms with van der Waals surface area (Å²) in [5.41, 5.74) is 46.0. The van der Waals surface area contributed by atoms with Crippen molar-refractivity contribution < 1.29 is 72.5 Å². The predicted molar refractivity (Wildman–Crippen MR) is 360 cm³/mol. The van der Waals surface area contributed by atoms with E-state index >= 15 is 0 Å². The molecule has 0 spiro atoms. The minimum atomic E-state index is -1.73. The number of hydrogen-bond donors (Lipinski definition) is 22. The van der Waals surface area contributed by atoms with Crippen LogP contribution in [-0.2, 0) is 75.2 Å². The molecule has 0 aliphatic heterocycles. The maximum absolute atomic E-state index is 14.1. The van der Waals surface area contributed by atoms with Gasteiger partial charge in [-0.2, -0.15) is 0 Å². The van der Waals surface area contributed by atoms with Crippen molar-refractivity contribution >= 4 is 88.7 Å². The van der Waals surface area contributed by atoms with Crippen LogP contribution in [0.1, 0.15) is 96.1 Å². The number of nitrogens with one attached hydrogen (secondary N) is 12. The van der Waals surface area contributed by atoms with Gasteiger partial charge in [-0.1, -0.05) is 60.7 Å². The standard InChI is InChI=1S/C61H100N22O15/c1-34(75-47(87)32-74-59(98)49(36(3)85)83-57(96)44(29-38-18-8-5-9-19-38)77-48(88)31-72-46(86)30-73-53(92)39(64)28-37-16-6-4-7-17-37)51(90)79-43(23-15-27-71-61(68)69)55(94)81-41(21-11-13-25-63)56(95)82-45(33-84)58(97)76-35(2)52(91)80-42(22-14-26-70-60(66)67)54(93)78-40(50(65)89)20-10-12-24-62/h4-9,16-19,34-36,39-45,49,84-85H,10-15,20-33,62-64H2,1-3H3,(H2,65,89)(H,72,86)(H,73,92)(H,74,98)(H,75,87)(H,76,97)(H,77,88)(H,78,93)(H,79,90)(H,80,91)(H,81,94)(H,82,95)(H,83,96)(H4,66,67,70)(H4,68,69,71)/t34-,35-,36+,39-,40+,41-,42-,43-,44-,45-,49-/m0/s1. The minimum Gasteiger partial charge on any atom is -0.394 e. The van der Waals surface area contributed by atoms with Gasteiger partial charge in [-0.25, -0.2) is 0 Å². The van der Waals surface area contributed by atoms with Crippen LogP contribution >= 0.6 is 0 Å². The SMILES string of the molecule is C[C@H](NC(=O)CNC(=O)[C@@H](NC(=O)[C@H](Cc1ccccc1)NC(=O)CNC(=O)CNC(=O)[C@@H](N)Cc1ccccc1)[C@@H](C)O)C(=O)N[C@@H](CCCN=C(N)N)C(=O)N[C@@H](CCCCN)C(=O)N[C@@H](CO)C(=O)N[C@@H](C)C(=O)N[C@@H](CCCN=C(N)N)C(=O)N[C@H](CCCCN)C(N)=O. The number of aliphatic hydroxyl groups excluding tert-OH is 2. The highest BCUT2D eigenvalue weighted by Crippen LogP contribution is 2.10. The first kappa shape index (κ1) is 84.0. The van der Waals surface area contributed by atoms with Crippen LogP contribution < -0.4 is 110 Å². The number of carbonyl (C=O) groups excluding carboxylic acids is 13. The first-order valence-electron chi connectivity index (χ1n) is 32.0. The van der Waals surface area contributed by atoms with Crippen LogP contribution in [0.4, 0.5) is 0 Å². The second-order valence-corrected chi connectivity index (χ2v) is 22.9. The Morgan fingerprint density at radius 1 is 0.408 bits per heavy atom. The molecule has 0 aliphatic carbocycles. The normalized spacial score (nSPS) is 14.2. The second-order valence-electron chi connectivity index (χ2n) is 22.9. The molecule has 11 atom stereocenters. The summed E-state index contributed by atoms with van der Waals surface area (Å²) in [4.78, 5) is 181. The van der Waals surface area contributed by atoms with Crippen LogP contribution in [0.2, 0.25) is 0 Å². The first-order chi connectivity index (χ1) is 46.5. The lowest BCUT2D eigenvalue weighted by atomic mass is 10.0. The minimum absolute atomic E-state index is 0.0249. The van der Waals surface area contributed by atoms with E-state index in [0.717, 1.165) is 5.56 Å². The fraction of sp³-hybridized carbons (Fsp3) is 0.557. The van der Waals surface area contributed by atoms with Gasteiger partial charge in [-0.3, -0.25) is 72.3 Å². The summed E-state index contributed by atoms with van der Waals surface area (Å²) in [6.07, 6.45) is 0.241. The average molecular weight is 1380 g/mol. The molecule has 0 saturated heterocycles. The van der Waals surface area contributed by atoms with Gasteiger partial charge in [0, 0.05) is 19.5 Å². The van der Waals surface area contributed by atoms with Crippen molar-refractivity contribution in [3.8, 4) is 0 Å². The molecule has 0 heterocycles. The molecule has 13 amide bonds. The maximum atomic E-state index is 14.1. The lowest BCUT2D eigenvalue weighted by Gasteiger charge is -2.26. The molecule has 0 unspecified atom stereocenters. The lowest BCUT2D eigenvalue weighted by Crippen LogP contribution is -2.60. The summed E-state index contributed by atoms with van der Waals surface area (Å²) < 4.78 is 0. The van der Waals surface area contributed by atoms with Gasteiger partial charge in [0.1, 0.15) is 54.4 Å². The fourth-order valence-corrected chi connectivity index (χ4v) is 9.17. The summed E-state index contributed by atoms with van der Waals surface area (Å²) in [6.45, 7) is 1.22. The highest BCUT2D eigenvalue weighted by atomic mass is 16.3. The first-order valence-corrected chi connectivity index (χ1v) is 32.0. The Kier molecular flexibility index (Phi) is 39.5. The van der Waals surface area contributed by atoms with Crippen molar-refractivity contribution in [1.82, 2.24) is 63.8 Å². The molecule has 0 aliphatic rings. The van der Waals surface area contributed by atoms with Gasteiger partial charge >= 0.3 is 0 Å². The summed E-state index contributed by atoms with van der Waals surface area (Å²) in [7, 11) is 0. The van der Waals surface area contributed by atoms with E-state index in [1.54, 1.807) is 60.7 Å². The molecule has 2 aromatic rings. The summed E-state index contributed by atoms with van der Waals surface area (Å²) in [5, 5.41) is 50.1. The van der Waals surface area contributed by atoms with Gasteiger partial charge in [-0.05, 0) is 116 Å². The number of unbranched alkanes of at least 4 members (excludes halogenated alkanes) is 2. The zero-order chi connectivity index (χ0) is 73.3. The largest absolute Gasteiger partial charge is 0.394 e. The number of rotatable bonds is 47. The number of guanidine groups is 2. The van der Waals surface area contributed by atoms with Crippen molar-refractivity contribution in [2.75, 3.05) is 52.4 Å². The lowest BCUT2D eigenvalue weighted by molar-refractivity contribution is -0.136. The summed E-state index contributed by atoms with van der Waals surface area (Å²) >= 11 is 0. The fourth-order valence-electron chi connectivity index (χ4n) is 9.17. The number of carbonyl (C=O) groups is 13.